The summed E-state index contributed by atoms with van der Waals surface area (Å²) in [6, 6.07) is 3.77. The van der Waals surface area contributed by atoms with Crippen molar-refractivity contribution in [2.24, 2.45) is 0 Å². The third-order valence-electron chi connectivity index (χ3n) is 3.31. The Morgan fingerprint density at radius 2 is 2.13 bits per heavy atom. The number of hydrogen-bond donors (Lipinski definition) is 2. The minimum atomic E-state index is -0.702. The lowest BCUT2D eigenvalue weighted by Crippen LogP contribution is -2.45. The zero-order valence-electron chi connectivity index (χ0n) is 12.7. The molecule has 0 fully saturated rings. The van der Waals surface area contributed by atoms with E-state index in [1.165, 1.54) is 0 Å². The Bertz CT molecular complexity index is 699. The Morgan fingerprint density at radius 3 is 2.78 bits per heavy atom. The van der Waals surface area contributed by atoms with Crippen LogP contribution in [0.15, 0.2) is 41.6 Å². The second kappa shape index (κ2) is 7.53. The highest BCUT2D eigenvalue weighted by Crippen LogP contribution is 2.33. The van der Waals surface area contributed by atoms with Crippen LogP contribution in [0, 0.1) is 0 Å². The number of esters is 1. The number of ether oxygens (including phenoxy) is 1. The molecule has 2 N–H and O–H groups in total. The van der Waals surface area contributed by atoms with Crippen molar-refractivity contribution in [1.29, 1.82) is 0 Å². The van der Waals surface area contributed by atoms with E-state index in [2.05, 4.69) is 10.6 Å². The summed E-state index contributed by atoms with van der Waals surface area (Å²) in [7, 11) is 0. The van der Waals surface area contributed by atoms with Crippen LogP contribution < -0.4 is 10.6 Å². The highest BCUT2D eigenvalue weighted by molar-refractivity contribution is 6.35. The second-order valence-corrected chi connectivity index (χ2v) is 5.75. The van der Waals surface area contributed by atoms with E-state index in [0.29, 0.717) is 26.9 Å². The predicted molar refractivity (Wildman–Crippen MR) is 89.3 cm³/mol. The van der Waals surface area contributed by atoms with Gasteiger partial charge in [-0.05, 0) is 31.5 Å². The van der Waals surface area contributed by atoms with Crippen LogP contribution in [0.2, 0.25) is 10.0 Å². The Balaban J connectivity index is 2.39. The molecule has 2 amide bonds. The molecular formula is C16H16Cl2N2O3. The van der Waals surface area contributed by atoms with Gasteiger partial charge in [-0.1, -0.05) is 41.4 Å². The highest BCUT2D eigenvalue weighted by Gasteiger charge is 2.33. The Morgan fingerprint density at radius 1 is 1.39 bits per heavy atom. The maximum atomic E-state index is 12.4. The molecule has 7 heteroatoms. The molecule has 1 heterocycles. The monoisotopic (exact) mass is 354 g/mol. The van der Waals surface area contributed by atoms with Gasteiger partial charge in [0.25, 0.3) is 0 Å². The standard InChI is InChI=1S/C16H16Cl2N2O3/c1-3-4-7-23-15(21)13-9(2)19-16(22)20-14(13)11-6-5-10(17)8-12(11)18/h3-6,8,14H,7H2,1-2H3,(H2,19,20,22)/b4-3+/t14-/m1/s1. The zero-order valence-corrected chi connectivity index (χ0v) is 14.2. The van der Waals surface area contributed by atoms with Crippen LogP contribution in [-0.2, 0) is 9.53 Å². The van der Waals surface area contributed by atoms with Crippen molar-refractivity contribution in [2.75, 3.05) is 6.61 Å². The average Bonchev–Trinajstić information content (AvgIpc) is 2.46. The van der Waals surface area contributed by atoms with E-state index in [1.54, 1.807) is 37.3 Å². The van der Waals surface area contributed by atoms with Gasteiger partial charge in [-0.15, -0.1) is 0 Å². The SMILES string of the molecule is C/C=C/COC(=O)C1=C(C)NC(=O)N[C@@H]1c1ccc(Cl)cc1Cl. The lowest BCUT2D eigenvalue weighted by atomic mass is 9.95. The average molecular weight is 355 g/mol. The van der Waals surface area contributed by atoms with Crippen LogP contribution in [0.5, 0.6) is 0 Å². The molecule has 1 aliphatic heterocycles. The number of amides is 2. The van der Waals surface area contributed by atoms with Gasteiger partial charge in [-0.3, -0.25) is 0 Å². The number of benzene rings is 1. The summed E-state index contributed by atoms with van der Waals surface area (Å²) in [6.07, 6.45) is 3.50. The number of rotatable bonds is 4. The second-order valence-electron chi connectivity index (χ2n) is 4.90. The summed E-state index contributed by atoms with van der Waals surface area (Å²) in [5, 5.41) is 6.09. The molecule has 23 heavy (non-hydrogen) atoms. The first kappa shape index (κ1) is 17.4. The molecule has 1 aromatic rings. The normalized spacial score (nSPS) is 17.9. The topological polar surface area (TPSA) is 67.4 Å². The predicted octanol–water partition coefficient (Wildman–Crippen LogP) is 3.74. The molecule has 1 aromatic carbocycles. The van der Waals surface area contributed by atoms with E-state index in [-0.39, 0.29) is 6.61 Å². The summed E-state index contributed by atoms with van der Waals surface area (Å²) in [6.45, 7) is 3.62. The first-order chi connectivity index (χ1) is 10.9. The smallest absolute Gasteiger partial charge is 0.338 e. The van der Waals surface area contributed by atoms with Gasteiger partial charge in [0, 0.05) is 15.7 Å². The van der Waals surface area contributed by atoms with Crippen molar-refractivity contribution in [2.45, 2.75) is 19.9 Å². The van der Waals surface area contributed by atoms with E-state index in [9.17, 15) is 9.59 Å². The Labute approximate surface area is 144 Å². The molecule has 2 rings (SSSR count). The van der Waals surface area contributed by atoms with Crippen molar-refractivity contribution < 1.29 is 14.3 Å². The van der Waals surface area contributed by atoms with Gasteiger partial charge in [-0.2, -0.15) is 0 Å². The number of carbonyl (C=O) groups is 2. The number of urea groups is 1. The summed E-state index contributed by atoms with van der Waals surface area (Å²) in [5.41, 5.74) is 1.30. The molecule has 1 atom stereocenters. The minimum Gasteiger partial charge on any atom is -0.458 e. The molecule has 122 valence electrons. The molecule has 0 unspecified atom stereocenters. The Hall–Kier alpha value is -1.98. The molecule has 0 radical (unpaired) electrons. The number of hydrogen-bond acceptors (Lipinski definition) is 3. The summed E-state index contributed by atoms with van der Waals surface area (Å²) < 4.78 is 5.20. The largest absolute Gasteiger partial charge is 0.458 e. The van der Waals surface area contributed by atoms with E-state index in [4.69, 9.17) is 27.9 Å². The van der Waals surface area contributed by atoms with Gasteiger partial charge >= 0.3 is 12.0 Å². The number of carbonyl (C=O) groups excluding carboxylic acids is 2. The number of allylic oxidation sites excluding steroid dienone is 2. The van der Waals surface area contributed by atoms with Crippen LogP contribution in [0.25, 0.3) is 0 Å². The maximum Gasteiger partial charge on any atom is 0.338 e. The van der Waals surface area contributed by atoms with Crippen LogP contribution >= 0.6 is 23.2 Å². The summed E-state index contributed by atoms with van der Waals surface area (Å²) in [5.74, 6) is -0.524. The van der Waals surface area contributed by atoms with Crippen molar-refractivity contribution >= 4 is 35.2 Å². The molecule has 0 saturated carbocycles. The first-order valence-corrected chi connectivity index (χ1v) is 7.71. The van der Waals surface area contributed by atoms with Crippen molar-refractivity contribution in [3.63, 3.8) is 0 Å². The Kier molecular flexibility index (Phi) is 5.69. The fourth-order valence-electron chi connectivity index (χ4n) is 2.23. The van der Waals surface area contributed by atoms with Gasteiger partial charge < -0.3 is 15.4 Å². The molecule has 0 bridgehead atoms. The van der Waals surface area contributed by atoms with Crippen LogP contribution in [0.3, 0.4) is 0 Å². The first-order valence-electron chi connectivity index (χ1n) is 6.95. The van der Waals surface area contributed by atoms with E-state index in [1.807, 2.05) is 6.92 Å². The molecule has 0 saturated heterocycles. The molecular weight excluding hydrogens is 339 g/mol. The van der Waals surface area contributed by atoms with Gasteiger partial charge in [0.2, 0.25) is 0 Å². The third-order valence-corrected chi connectivity index (χ3v) is 3.87. The van der Waals surface area contributed by atoms with Crippen LogP contribution in [0.1, 0.15) is 25.5 Å². The van der Waals surface area contributed by atoms with E-state index in [0.717, 1.165) is 0 Å². The van der Waals surface area contributed by atoms with Gasteiger partial charge in [0.15, 0.2) is 0 Å². The lowest BCUT2D eigenvalue weighted by molar-refractivity contribution is -0.138. The highest BCUT2D eigenvalue weighted by atomic mass is 35.5. The van der Waals surface area contributed by atoms with Crippen molar-refractivity contribution in [1.82, 2.24) is 10.6 Å². The molecule has 1 aliphatic rings. The van der Waals surface area contributed by atoms with Crippen LogP contribution in [-0.4, -0.2) is 18.6 Å². The molecule has 0 spiro atoms. The minimum absolute atomic E-state index is 0.154. The molecule has 0 aliphatic carbocycles. The summed E-state index contributed by atoms with van der Waals surface area (Å²) >= 11 is 12.1. The van der Waals surface area contributed by atoms with Gasteiger partial charge in [0.1, 0.15) is 6.61 Å². The van der Waals surface area contributed by atoms with Crippen molar-refractivity contribution in [3.05, 3.63) is 57.2 Å². The number of nitrogens with one attached hydrogen (secondary N) is 2. The quantitative estimate of drug-likeness (QED) is 0.639. The van der Waals surface area contributed by atoms with E-state index >= 15 is 0 Å². The zero-order chi connectivity index (χ0) is 17.0. The third kappa shape index (κ3) is 4.06. The van der Waals surface area contributed by atoms with Crippen LogP contribution in [0.4, 0.5) is 4.79 Å². The lowest BCUT2D eigenvalue weighted by Gasteiger charge is -2.28. The van der Waals surface area contributed by atoms with Crippen molar-refractivity contribution in [3.8, 4) is 0 Å². The number of halogens is 2. The fourth-order valence-corrected chi connectivity index (χ4v) is 2.75. The molecule has 5 nitrogen and oxygen atoms in total. The van der Waals surface area contributed by atoms with Gasteiger partial charge in [-0.25, -0.2) is 9.59 Å². The van der Waals surface area contributed by atoms with E-state index < -0.39 is 18.0 Å². The maximum absolute atomic E-state index is 12.4. The molecule has 0 aromatic heterocycles. The van der Waals surface area contributed by atoms with Gasteiger partial charge in [0.05, 0.1) is 11.6 Å². The fraction of sp³-hybridized carbons (Fsp3) is 0.250. The summed E-state index contributed by atoms with van der Waals surface area (Å²) in [4.78, 5) is 24.2.